The first kappa shape index (κ1) is 17.5. The fraction of sp³-hybridized carbons (Fsp3) is 0.333. The number of phenolic OH excluding ortho intramolecular Hbond substituents is 2. The van der Waals surface area contributed by atoms with Gasteiger partial charge >= 0.3 is 0 Å². The Morgan fingerprint density at radius 2 is 1.70 bits per heavy atom. The zero-order chi connectivity index (χ0) is 19.5. The molecule has 2 aliphatic carbocycles. The normalized spacial score (nSPS) is 19.1. The molecular formula is C21H20O6. The number of aliphatic hydroxyl groups is 1. The Morgan fingerprint density at radius 1 is 1.04 bits per heavy atom. The monoisotopic (exact) mass is 368 g/mol. The van der Waals surface area contributed by atoms with E-state index < -0.39 is 17.7 Å². The lowest BCUT2D eigenvalue weighted by Crippen LogP contribution is -2.27. The van der Waals surface area contributed by atoms with E-state index in [0.717, 1.165) is 0 Å². The van der Waals surface area contributed by atoms with Crippen LogP contribution in [0.15, 0.2) is 18.2 Å². The predicted molar refractivity (Wildman–Crippen MR) is 96.8 cm³/mol. The number of aromatic hydroxyl groups is 2. The van der Waals surface area contributed by atoms with E-state index in [0.29, 0.717) is 30.4 Å². The van der Waals surface area contributed by atoms with Gasteiger partial charge in [0, 0.05) is 16.7 Å². The Morgan fingerprint density at radius 3 is 2.37 bits per heavy atom. The van der Waals surface area contributed by atoms with Crippen LogP contribution in [-0.2, 0) is 12.8 Å². The number of benzene rings is 2. The number of fused-ring (bicyclic) bond motifs is 3. The van der Waals surface area contributed by atoms with Gasteiger partial charge in [-0.05, 0) is 38.2 Å². The highest BCUT2D eigenvalue weighted by atomic mass is 16.5. The van der Waals surface area contributed by atoms with Gasteiger partial charge in [0.1, 0.15) is 17.2 Å². The van der Waals surface area contributed by atoms with Crippen molar-refractivity contribution in [2.45, 2.75) is 32.3 Å². The minimum atomic E-state index is -0.571. The first-order valence-corrected chi connectivity index (χ1v) is 8.90. The third-order valence-corrected chi connectivity index (χ3v) is 5.75. The summed E-state index contributed by atoms with van der Waals surface area (Å²) in [6.45, 7) is 1.68. The molecule has 3 N–H and O–H groups in total. The standard InChI is InChI=1S/C21H20O6/c1-9(22)10-6-7-11-13(8-10)20(25)16-17(18(11)23)21(26)15-12(19(16)24)4-3-5-14(15)27-2/h3-5,9-10,22-23,25H,6-8H2,1-2H3. The number of rotatable bonds is 2. The van der Waals surface area contributed by atoms with E-state index in [2.05, 4.69) is 0 Å². The van der Waals surface area contributed by atoms with Gasteiger partial charge in [-0.25, -0.2) is 0 Å². The maximum Gasteiger partial charge on any atom is 0.202 e. The molecule has 2 unspecified atom stereocenters. The zero-order valence-corrected chi connectivity index (χ0v) is 15.1. The topological polar surface area (TPSA) is 104 Å². The van der Waals surface area contributed by atoms with Crippen LogP contribution in [-0.4, -0.2) is 40.1 Å². The number of carbonyl (C=O) groups excluding carboxylic acids is 2. The molecule has 2 aromatic carbocycles. The van der Waals surface area contributed by atoms with Crippen LogP contribution in [0.3, 0.4) is 0 Å². The van der Waals surface area contributed by atoms with Gasteiger partial charge in [0.2, 0.25) is 5.78 Å². The van der Waals surface area contributed by atoms with Crippen molar-refractivity contribution in [1.82, 2.24) is 0 Å². The van der Waals surface area contributed by atoms with E-state index in [1.54, 1.807) is 19.1 Å². The van der Waals surface area contributed by atoms with Crippen LogP contribution in [0.1, 0.15) is 56.3 Å². The Labute approximate surface area is 156 Å². The summed E-state index contributed by atoms with van der Waals surface area (Å²) in [6, 6.07) is 4.69. The summed E-state index contributed by atoms with van der Waals surface area (Å²) in [5, 5.41) is 31.6. The summed E-state index contributed by atoms with van der Waals surface area (Å²) in [7, 11) is 1.41. The van der Waals surface area contributed by atoms with Crippen LogP contribution in [0.5, 0.6) is 17.2 Å². The zero-order valence-electron chi connectivity index (χ0n) is 15.1. The van der Waals surface area contributed by atoms with Gasteiger partial charge in [-0.1, -0.05) is 12.1 Å². The summed E-state index contributed by atoms with van der Waals surface area (Å²) < 4.78 is 5.22. The number of carbonyl (C=O) groups is 2. The molecule has 0 radical (unpaired) electrons. The van der Waals surface area contributed by atoms with Crippen molar-refractivity contribution >= 4 is 11.6 Å². The smallest absolute Gasteiger partial charge is 0.202 e. The molecule has 6 heteroatoms. The first-order chi connectivity index (χ1) is 12.9. The lowest BCUT2D eigenvalue weighted by Gasteiger charge is -2.31. The summed E-state index contributed by atoms with van der Waals surface area (Å²) in [5.41, 5.74) is 0.833. The van der Waals surface area contributed by atoms with Crippen LogP contribution in [0.4, 0.5) is 0 Å². The highest BCUT2D eigenvalue weighted by Crippen LogP contribution is 2.47. The fourth-order valence-electron chi connectivity index (χ4n) is 4.25. The molecule has 2 aromatic rings. The van der Waals surface area contributed by atoms with Crippen molar-refractivity contribution in [2.24, 2.45) is 5.92 Å². The van der Waals surface area contributed by atoms with Gasteiger partial charge in [-0.3, -0.25) is 9.59 Å². The molecule has 0 saturated heterocycles. The molecule has 6 nitrogen and oxygen atoms in total. The predicted octanol–water partition coefficient (Wildman–Crippen LogP) is 2.37. The van der Waals surface area contributed by atoms with Crippen molar-refractivity contribution in [3.05, 3.63) is 51.6 Å². The van der Waals surface area contributed by atoms with Crippen molar-refractivity contribution in [3.8, 4) is 17.2 Å². The van der Waals surface area contributed by atoms with Crippen molar-refractivity contribution < 1.29 is 29.6 Å². The maximum absolute atomic E-state index is 13.1. The molecule has 4 rings (SSSR count). The summed E-state index contributed by atoms with van der Waals surface area (Å²) >= 11 is 0. The Bertz CT molecular complexity index is 989. The van der Waals surface area contributed by atoms with Gasteiger partial charge in [0.05, 0.1) is 29.9 Å². The van der Waals surface area contributed by atoms with Gasteiger partial charge in [0.25, 0.3) is 0 Å². The second kappa shape index (κ2) is 6.09. The van der Waals surface area contributed by atoms with Crippen molar-refractivity contribution in [2.75, 3.05) is 7.11 Å². The van der Waals surface area contributed by atoms with E-state index in [1.807, 2.05) is 0 Å². The number of aliphatic hydroxyl groups excluding tert-OH is 1. The lowest BCUT2D eigenvalue weighted by molar-refractivity contribution is 0.0969. The third-order valence-electron chi connectivity index (χ3n) is 5.75. The highest BCUT2D eigenvalue weighted by molar-refractivity contribution is 6.31. The van der Waals surface area contributed by atoms with Crippen LogP contribution in [0.25, 0.3) is 0 Å². The number of ketones is 2. The summed E-state index contributed by atoms with van der Waals surface area (Å²) in [4.78, 5) is 26.2. The van der Waals surface area contributed by atoms with Gasteiger partial charge in [-0.15, -0.1) is 0 Å². The molecule has 0 spiro atoms. The molecule has 2 atom stereocenters. The third kappa shape index (κ3) is 2.36. The van der Waals surface area contributed by atoms with E-state index >= 15 is 0 Å². The number of methoxy groups -OCH3 is 1. The van der Waals surface area contributed by atoms with Crippen LogP contribution in [0, 0.1) is 5.92 Å². The van der Waals surface area contributed by atoms with E-state index in [1.165, 1.54) is 13.2 Å². The van der Waals surface area contributed by atoms with Crippen LogP contribution >= 0.6 is 0 Å². The largest absolute Gasteiger partial charge is 0.507 e. The molecule has 0 heterocycles. The van der Waals surface area contributed by atoms with Gasteiger partial charge in [-0.2, -0.15) is 0 Å². The molecule has 27 heavy (non-hydrogen) atoms. The first-order valence-electron chi connectivity index (χ1n) is 8.90. The van der Waals surface area contributed by atoms with Gasteiger partial charge < -0.3 is 20.1 Å². The molecule has 0 aromatic heterocycles. The molecular weight excluding hydrogens is 348 g/mol. The molecule has 0 aliphatic heterocycles. The van der Waals surface area contributed by atoms with Crippen LogP contribution < -0.4 is 4.74 Å². The quantitative estimate of drug-likeness (QED) is 0.600. The summed E-state index contributed by atoms with van der Waals surface area (Å²) in [5.74, 6) is -1.41. The van der Waals surface area contributed by atoms with Crippen LogP contribution in [0.2, 0.25) is 0 Å². The molecule has 0 amide bonds. The maximum atomic E-state index is 13.1. The molecule has 0 bridgehead atoms. The second-order valence-corrected chi connectivity index (χ2v) is 7.19. The van der Waals surface area contributed by atoms with E-state index in [9.17, 15) is 24.9 Å². The molecule has 0 fully saturated rings. The van der Waals surface area contributed by atoms with E-state index in [4.69, 9.17) is 4.74 Å². The highest BCUT2D eigenvalue weighted by Gasteiger charge is 2.40. The number of hydrogen-bond donors (Lipinski definition) is 3. The minimum Gasteiger partial charge on any atom is -0.507 e. The number of phenols is 2. The average Bonchev–Trinajstić information content (AvgIpc) is 2.67. The van der Waals surface area contributed by atoms with Crippen molar-refractivity contribution in [1.29, 1.82) is 0 Å². The Balaban J connectivity index is 1.98. The lowest BCUT2D eigenvalue weighted by atomic mass is 9.74. The second-order valence-electron chi connectivity index (χ2n) is 7.19. The molecule has 140 valence electrons. The Kier molecular flexibility index (Phi) is 3.96. The summed E-state index contributed by atoms with van der Waals surface area (Å²) in [6.07, 6.45) is 0.806. The number of ether oxygens (including phenoxy) is 1. The molecule has 0 saturated carbocycles. The number of hydrogen-bond acceptors (Lipinski definition) is 6. The average molecular weight is 368 g/mol. The molecule has 2 aliphatic rings. The SMILES string of the molecule is COc1cccc2c1C(=O)c1c(O)c3c(c(O)c1C2=O)CC(C(C)O)CC3. The Hall–Kier alpha value is -2.86. The van der Waals surface area contributed by atoms with Gasteiger partial charge in [0.15, 0.2) is 5.78 Å². The fourth-order valence-corrected chi connectivity index (χ4v) is 4.25. The van der Waals surface area contributed by atoms with Crippen molar-refractivity contribution in [3.63, 3.8) is 0 Å². The van der Waals surface area contributed by atoms with E-state index in [-0.39, 0.29) is 45.4 Å². The minimum absolute atomic E-state index is 0.0809.